The second kappa shape index (κ2) is 7.75. The molecule has 0 aliphatic carbocycles. The highest BCUT2D eigenvalue weighted by molar-refractivity contribution is 6.06. The van der Waals surface area contributed by atoms with Gasteiger partial charge >= 0.3 is 6.03 Å². The Kier molecular flexibility index (Phi) is 5.13. The van der Waals surface area contributed by atoms with Crippen LogP contribution in [-0.2, 0) is 29.1 Å². The number of carbonyl (C=O) groups is 2. The van der Waals surface area contributed by atoms with Crippen molar-refractivity contribution in [3.05, 3.63) is 69.3 Å². The third-order valence-electron chi connectivity index (χ3n) is 5.41. The molecule has 3 amide bonds. The maximum atomic E-state index is 13.1. The van der Waals surface area contributed by atoms with Crippen LogP contribution in [0, 0.1) is 10.1 Å². The smallest absolute Gasteiger partial charge is 0.325 e. The van der Waals surface area contributed by atoms with Gasteiger partial charge < -0.3 is 14.8 Å². The fraction of sp³-hybridized carbons (Fsp3) is 0.333. The van der Waals surface area contributed by atoms with E-state index in [1.54, 1.807) is 6.92 Å². The highest BCUT2D eigenvalue weighted by Gasteiger charge is 2.47. The summed E-state index contributed by atoms with van der Waals surface area (Å²) in [6.07, 6.45) is 1.07. The first-order valence-electron chi connectivity index (χ1n) is 9.56. The molecule has 9 heteroatoms. The van der Waals surface area contributed by atoms with E-state index in [9.17, 15) is 19.7 Å². The molecule has 1 fully saturated rings. The van der Waals surface area contributed by atoms with Crippen LogP contribution in [0.2, 0.25) is 0 Å². The van der Waals surface area contributed by atoms with Crippen LogP contribution in [0.25, 0.3) is 0 Å². The van der Waals surface area contributed by atoms with Crippen LogP contribution in [-0.4, -0.2) is 34.1 Å². The Balaban J connectivity index is 1.56. The molecule has 0 radical (unpaired) electrons. The van der Waals surface area contributed by atoms with Gasteiger partial charge in [0.05, 0.1) is 18.1 Å². The van der Waals surface area contributed by atoms with Gasteiger partial charge in [0, 0.05) is 23.3 Å². The van der Waals surface area contributed by atoms with E-state index in [4.69, 9.17) is 9.47 Å². The van der Waals surface area contributed by atoms with E-state index in [0.29, 0.717) is 29.7 Å². The van der Waals surface area contributed by atoms with E-state index >= 15 is 0 Å². The number of nitrogens with zero attached hydrogens (tertiary/aromatic N) is 2. The van der Waals surface area contributed by atoms with Gasteiger partial charge in [-0.3, -0.25) is 19.8 Å². The van der Waals surface area contributed by atoms with Crippen molar-refractivity contribution in [3.63, 3.8) is 0 Å². The van der Waals surface area contributed by atoms with Crippen molar-refractivity contribution in [1.82, 2.24) is 10.2 Å². The van der Waals surface area contributed by atoms with Gasteiger partial charge in [-0.2, -0.15) is 0 Å². The highest BCUT2D eigenvalue weighted by Crippen LogP contribution is 2.35. The molecule has 2 aromatic carbocycles. The van der Waals surface area contributed by atoms with Gasteiger partial charge in [0.2, 0.25) is 0 Å². The van der Waals surface area contributed by atoms with Crippen molar-refractivity contribution >= 4 is 17.6 Å². The van der Waals surface area contributed by atoms with Gasteiger partial charge in [-0.15, -0.1) is 0 Å². The second-order valence-corrected chi connectivity index (χ2v) is 7.60. The molecule has 2 aromatic rings. The topological polar surface area (TPSA) is 111 Å². The first-order valence-corrected chi connectivity index (χ1v) is 9.56. The van der Waals surface area contributed by atoms with Crippen molar-refractivity contribution in [1.29, 1.82) is 0 Å². The molecular formula is C21H21N3O6. The second-order valence-electron chi connectivity index (χ2n) is 7.60. The van der Waals surface area contributed by atoms with Crippen LogP contribution in [0.3, 0.4) is 0 Å². The molecule has 1 atom stereocenters. The van der Waals surface area contributed by atoms with E-state index < -0.39 is 16.5 Å². The fourth-order valence-electron chi connectivity index (χ4n) is 3.77. The van der Waals surface area contributed by atoms with Crippen molar-refractivity contribution in [2.24, 2.45) is 0 Å². The summed E-state index contributed by atoms with van der Waals surface area (Å²) in [5.74, 6) is 0.0566. The zero-order valence-electron chi connectivity index (χ0n) is 16.4. The number of carbonyl (C=O) groups excluding carboxylic acids is 2. The first kappa shape index (κ1) is 19.8. The molecule has 0 unspecified atom stereocenters. The summed E-state index contributed by atoms with van der Waals surface area (Å²) in [7, 11) is 0. The predicted octanol–water partition coefficient (Wildman–Crippen LogP) is 2.90. The molecule has 2 aliphatic rings. The summed E-state index contributed by atoms with van der Waals surface area (Å²) in [4.78, 5) is 37.5. The normalized spacial score (nSPS) is 20.5. The number of aryl methyl sites for hydroxylation is 1. The lowest BCUT2D eigenvalue weighted by molar-refractivity contribution is -0.385. The summed E-state index contributed by atoms with van der Waals surface area (Å²) in [6.45, 7) is 1.75. The zero-order chi connectivity index (χ0) is 21.3. The number of benzene rings is 2. The number of amides is 3. The predicted molar refractivity (Wildman–Crippen MR) is 106 cm³/mol. The van der Waals surface area contributed by atoms with Crippen molar-refractivity contribution < 1.29 is 24.0 Å². The quantitative estimate of drug-likeness (QED) is 0.444. The maximum absolute atomic E-state index is 13.1. The van der Waals surface area contributed by atoms with Crippen LogP contribution in [0.4, 0.5) is 10.5 Å². The molecule has 4 rings (SSSR count). The van der Waals surface area contributed by atoms with E-state index in [1.807, 2.05) is 30.3 Å². The average Bonchev–Trinajstić information content (AvgIpc) is 2.96. The average molecular weight is 411 g/mol. The Bertz CT molecular complexity index is 1010. The molecule has 9 nitrogen and oxygen atoms in total. The lowest BCUT2D eigenvalue weighted by Gasteiger charge is -2.24. The van der Waals surface area contributed by atoms with E-state index in [1.165, 1.54) is 12.1 Å². The number of nitro groups is 1. The molecule has 1 N–H and O–H groups in total. The molecule has 0 bridgehead atoms. The van der Waals surface area contributed by atoms with Crippen molar-refractivity contribution in [2.75, 3.05) is 6.79 Å². The number of nitrogens with one attached hydrogen (secondary N) is 1. The minimum atomic E-state index is -1.04. The fourth-order valence-corrected chi connectivity index (χ4v) is 3.77. The molecule has 156 valence electrons. The summed E-state index contributed by atoms with van der Waals surface area (Å²) in [5.41, 5.74) is 0.803. The molecule has 1 saturated heterocycles. The minimum absolute atomic E-state index is 0.00669. The van der Waals surface area contributed by atoms with Gasteiger partial charge in [-0.25, -0.2) is 4.79 Å². The van der Waals surface area contributed by atoms with Crippen molar-refractivity contribution in [2.45, 2.75) is 38.5 Å². The van der Waals surface area contributed by atoms with E-state index in [2.05, 4.69) is 5.32 Å². The number of urea groups is 1. The Hall–Kier alpha value is -3.46. The van der Waals surface area contributed by atoms with Crippen LogP contribution < -0.4 is 10.1 Å². The summed E-state index contributed by atoms with van der Waals surface area (Å²) >= 11 is 0. The zero-order valence-corrected chi connectivity index (χ0v) is 16.4. The molecule has 30 heavy (non-hydrogen) atoms. The Morgan fingerprint density at radius 3 is 2.73 bits per heavy atom. The molecule has 2 heterocycles. The number of imide groups is 1. The number of hydrogen-bond acceptors (Lipinski definition) is 6. The standard InChI is InChI=1S/C21H21N3O6/c1-21(8-7-14-5-3-2-4-6-14)19(25)23(20(26)22-21)11-15-9-17(24(27)28)10-16-12-29-13-30-18(15)16/h2-6,9-10H,7-8,11-13H2,1H3,(H,22,26)/t21-/m0/s1. The van der Waals surface area contributed by atoms with Crippen LogP contribution in [0.5, 0.6) is 5.75 Å². The number of hydrogen-bond donors (Lipinski definition) is 1. The maximum Gasteiger partial charge on any atom is 0.325 e. The van der Waals surface area contributed by atoms with Crippen LogP contribution >= 0.6 is 0 Å². The Morgan fingerprint density at radius 2 is 2.00 bits per heavy atom. The molecule has 0 saturated carbocycles. The summed E-state index contributed by atoms with van der Waals surface area (Å²) < 4.78 is 10.7. The van der Waals surface area contributed by atoms with Gasteiger partial charge in [0.1, 0.15) is 11.3 Å². The number of nitro benzene ring substituents is 1. The Labute approximate surface area is 172 Å². The van der Waals surface area contributed by atoms with Crippen LogP contribution in [0.15, 0.2) is 42.5 Å². The molecular weight excluding hydrogens is 390 g/mol. The number of fused-ring (bicyclic) bond motifs is 1. The van der Waals surface area contributed by atoms with Gasteiger partial charge in [0.25, 0.3) is 11.6 Å². The summed E-state index contributed by atoms with van der Waals surface area (Å²) in [6, 6.07) is 11.9. The number of non-ortho nitro benzene ring substituents is 1. The van der Waals surface area contributed by atoms with Gasteiger partial charge in [-0.1, -0.05) is 30.3 Å². The largest absolute Gasteiger partial charge is 0.467 e. The lowest BCUT2D eigenvalue weighted by Crippen LogP contribution is -2.44. The number of ether oxygens (including phenoxy) is 2. The minimum Gasteiger partial charge on any atom is -0.467 e. The van der Waals surface area contributed by atoms with E-state index in [0.717, 1.165) is 10.5 Å². The monoisotopic (exact) mass is 411 g/mol. The van der Waals surface area contributed by atoms with Gasteiger partial charge in [0.15, 0.2) is 6.79 Å². The number of rotatable bonds is 6. The molecule has 0 aromatic heterocycles. The molecule has 2 aliphatic heterocycles. The van der Waals surface area contributed by atoms with Crippen molar-refractivity contribution in [3.8, 4) is 5.75 Å². The third kappa shape index (κ3) is 3.71. The van der Waals surface area contributed by atoms with Crippen LogP contribution in [0.1, 0.15) is 30.0 Å². The first-order chi connectivity index (χ1) is 14.4. The van der Waals surface area contributed by atoms with E-state index in [-0.39, 0.29) is 31.5 Å². The third-order valence-corrected chi connectivity index (χ3v) is 5.41. The Morgan fingerprint density at radius 1 is 1.23 bits per heavy atom. The lowest BCUT2D eigenvalue weighted by atomic mass is 9.93. The van der Waals surface area contributed by atoms with Gasteiger partial charge in [-0.05, 0) is 25.3 Å². The SMILES string of the molecule is C[C@@]1(CCc2ccccc2)NC(=O)N(Cc2cc([N+](=O)[O-])cc3c2OCOC3)C1=O. The highest BCUT2D eigenvalue weighted by atomic mass is 16.7. The molecule has 0 spiro atoms. The summed E-state index contributed by atoms with van der Waals surface area (Å²) in [5, 5.41) is 14.1.